The Hall–Kier alpha value is -2.41. The first-order valence-corrected chi connectivity index (χ1v) is 5.72. The van der Waals surface area contributed by atoms with Gasteiger partial charge in [0.2, 0.25) is 0 Å². The van der Waals surface area contributed by atoms with Crippen LogP contribution in [0.3, 0.4) is 0 Å². The Bertz CT molecular complexity index is 594. The topological polar surface area (TPSA) is 96.2 Å². The average Bonchev–Trinajstić information content (AvgIpc) is 2.87. The Balaban J connectivity index is 2.36. The van der Waals surface area contributed by atoms with Gasteiger partial charge in [-0.15, -0.1) is 0 Å². The maximum atomic E-state index is 10.8. The van der Waals surface area contributed by atoms with Crippen LogP contribution in [0.1, 0.15) is 0 Å². The molecule has 7 heteroatoms. The summed E-state index contributed by atoms with van der Waals surface area (Å²) in [7, 11) is 1.40. The molecule has 1 aromatic carbocycles. The van der Waals surface area contributed by atoms with Crippen molar-refractivity contribution in [2.45, 2.75) is 6.54 Å². The van der Waals surface area contributed by atoms with Crippen LogP contribution in [0.5, 0.6) is 5.75 Å². The zero-order valence-corrected chi connectivity index (χ0v) is 10.4. The van der Waals surface area contributed by atoms with Gasteiger partial charge in [-0.1, -0.05) is 0 Å². The van der Waals surface area contributed by atoms with Gasteiger partial charge in [0.25, 0.3) is 0 Å². The number of nitro groups is 1. The van der Waals surface area contributed by atoms with Crippen molar-refractivity contribution in [3.05, 3.63) is 40.6 Å². The molecule has 0 spiro atoms. The summed E-state index contributed by atoms with van der Waals surface area (Å²) < 4.78 is 6.75. The van der Waals surface area contributed by atoms with Crippen LogP contribution in [-0.4, -0.2) is 28.4 Å². The van der Waals surface area contributed by atoms with Gasteiger partial charge >= 0.3 is 5.69 Å². The molecular weight excluding hydrogens is 248 g/mol. The van der Waals surface area contributed by atoms with E-state index in [4.69, 9.17) is 10.5 Å². The van der Waals surface area contributed by atoms with Gasteiger partial charge in [0.15, 0.2) is 5.75 Å². The third-order valence-corrected chi connectivity index (χ3v) is 2.67. The molecule has 0 aliphatic heterocycles. The first-order valence-electron chi connectivity index (χ1n) is 5.72. The van der Waals surface area contributed by atoms with Gasteiger partial charge in [0.1, 0.15) is 0 Å². The number of aromatic nitrogens is 2. The van der Waals surface area contributed by atoms with Crippen molar-refractivity contribution < 1.29 is 9.66 Å². The number of nitrogens with two attached hydrogens (primary N) is 1. The minimum absolute atomic E-state index is 0.0624. The van der Waals surface area contributed by atoms with Crippen LogP contribution in [0.2, 0.25) is 0 Å². The predicted molar refractivity (Wildman–Crippen MR) is 69.9 cm³/mol. The molecule has 0 saturated heterocycles. The van der Waals surface area contributed by atoms with Crippen LogP contribution in [0.15, 0.2) is 30.5 Å². The predicted octanol–water partition coefficient (Wildman–Crippen LogP) is 1.43. The quantitative estimate of drug-likeness (QED) is 0.649. The summed E-state index contributed by atoms with van der Waals surface area (Å²) >= 11 is 0. The molecule has 0 atom stereocenters. The van der Waals surface area contributed by atoms with Crippen molar-refractivity contribution in [1.29, 1.82) is 0 Å². The van der Waals surface area contributed by atoms with Crippen molar-refractivity contribution in [2.75, 3.05) is 13.7 Å². The van der Waals surface area contributed by atoms with Gasteiger partial charge in [-0.05, 0) is 18.2 Å². The van der Waals surface area contributed by atoms with Crippen LogP contribution in [0.25, 0.3) is 11.3 Å². The van der Waals surface area contributed by atoms with Gasteiger partial charge in [-0.3, -0.25) is 14.8 Å². The smallest absolute Gasteiger partial charge is 0.310 e. The number of ether oxygens (including phenoxy) is 1. The average molecular weight is 262 g/mol. The minimum Gasteiger partial charge on any atom is -0.490 e. The van der Waals surface area contributed by atoms with E-state index in [1.54, 1.807) is 16.8 Å². The summed E-state index contributed by atoms with van der Waals surface area (Å²) in [4.78, 5) is 10.3. The molecule has 7 nitrogen and oxygen atoms in total. The monoisotopic (exact) mass is 262 g/mol. The summed E-state index contributed by atoms with van der Waals surface area (Å²) in [5.41, 5.74) is 6.88. The number of hydrogen-bond donors (Lipinski definition) is 1. The highest BCUT2D eigenvalue weighted by atomic mass is 16.6. The summed E-state index contributed by atoms with van der Waals surface area (Å²) in [6, 6.07) is 6.50. The van der Waals surface area contributed by atoms with Crippen LogP contribution in [0, 0.1) is 10.1 Å². The van der Waals surface area contributed by atoms with Gasteiger partial charge < -0.3 is 10.5 Å². The third kappa shape index (κ3) is 2.71. The lowest BCUT2D eigenvalue weighted by atomic mass is 10.1. The molecular formula is C12H14N4O3. The first kappa shape index (κ1) is 13.0. The molecule has 0 amide bonds. The van der Waals surface area contributed by atoms with E-state index in [1.807, 2.05) is 12.3 Å². The van der Waals surface area contributed by atoms with Crippen molar-refractivity contribution >= 4 is 5.69 Å². The second-order valence-electron chi connectivity index (χ2n) is 3.90. The van der Waals surface area contributed by atoms with Crippen LogP contribution in [-0.2, 0) is 6.54 Å². The molecule has 0 aliphatic carbocycles. The Kier molecular flexibility index (Phi) is 3.76. The highest BCUT2D eigenvalue weighted by molar-refractivity contribution is 5.65. The first-order chi connectivity index (χ1) is 9.15. The lowest BCUT2D eigenvalue weighted by Gasteiger charge is -2.03. The van der Waals surface area contributed by atoms with E-state index in [0.717, 1.165) is 11.3 Å². The Morgan fingerprint density at radius 3 is 2.89 bits per heavy atom. The molecule has 0 radical (unpaired) electrons. The normalized spacial score (nSPS) is 10.4. The molecule has 0 saturated carbocycles. The second kappa shape index (κ2) is 5.49. The van der Waals surface area contributed by atoms with Crippen LogP contribution in [0.4, 0.5) is 5.69 Å². The number of rotatable bonds is 5. The fraction of sp³-hybridized carbons (Fsp3) is 0.250. The molecule has 0 bridgehead atoms. The highest BCUT2D eigenvalue weighted by Crippen LogP contribution is 2.31. The van der Waals surface area contributed by atoms with E-state index in [2.05, 4.69) is 5.10 Å². The fourth-order valence-corrected chi connectivity index (χ4v) is 1.76. The van der Waals surface area contributed by atoms with E-state index in [-0.39, 0.29) is 11.4 Å². The zero-order valence-electron chi connectivity index (χ0n) is 10.4. The molecule has 0 unspecified atom stereocenters. The molecule has 0 fully saturated rings. The van der Waals surface area contributed by atoms with Crippen molar-refractivity contribution in [3.8, 4) is 17.0 Å². The van der Waals surface area contributed by atoms with E-state index < -0.39 is 4.92 Å². The fourth-order valence-electron chi connectivity index (χ4n) is 1.76. The highest BCUT2D eigenvalue weighted by Gasteiger charge is 2.15. The Labute approximate surface area is 109 Å². The number of benzene rings is 1. The van der Waals surface area contributed by atoms with E-state index >= 15 is 0 Å². The van der Waals surface area contributed by atoms with E-state index in [1.165, 1.54) is 13.2 Å². The van der Waals surface area contributed by atoms with Crippen molar-refractivity contribution in [2.24, 2.45) is 5.73 Å². The Morgan fingerprint density at radius 1 is 1.47 bits per heavy atom. The minimum atomic E-state index is -0.477. The molecule has 19 heavy (non-hydrogen) atoms. The molecule has 2 rings (SSSR count). The molecule has 0 aliphatic rings. The van der Waals surface area contributed by atoms with E-state index in [9.17, 15) is 10.1 Å². The lowest BCUT2D eigenvalue weighted by molar-refractivity contribution is -0.385. The third-order valence-electron chi connectivity index (χ3n) is 2.67. The summed E-state index contributed by atoms with van der Waals surface area (Å²) in [6.45, 7) is 1.13. The molecule has 1 aromatic heterocycles. The van der Waals surface area contributed by atoms with Crippen molar-refractivity contribution in [1.82, 2.24) is 9.78 Å². The summed E-state index contributed by atoms with van der Waals surface area (Å²) in [5.74, 6) is 0.218. The summed E-state index contributed by atoms with van der Waals surface area (Å²) in [6.07, 6.45) is 1.82. The van der Waals surface area contributed by atoms with Gasteiger partial charge in [0, 0.05) is 24.4 Å². The van der Waals surface area contributed by atoms with Crippen LogP contribution >= 0.6 is 0 Å². The zero-order chi connectivity index (χ0) is 13.8. The standard InChI is InChI=1S/C12H14N4O3/c1-19-12-8-9(2-3-11(12)16(17)18)10-4-6-15(14-10)7-5-13/h2-4,6,8H,5,7,13H2,1H3. The molecule has 1 heterocycles. The molecule has 100 valence electrons. The maximum absolute atomic E-state index is 10.8. The van der Waals surface area contributed by atoms with Gasteiger partial charge in [0.05, 0.1) is 24.3 Å². The maximum Gasteiger partial charge on any atom is 0.310 e. The Morgan fingerprint density at radius 2 is 2.26 bits per heavy atom. The number of nitro benzene ring substituents is 1. The SMILES string of the molecule is COc1cc(-c2ccn(CCN)n2)ccc1[N+](=O)[O-]. The lowest BCUT2D eigenvalue weighted by Crippen LogP contribution is -2.10. The van der Waals surface area contributed by atoms with Crippen LogP contribution < -0.4 is 10.5 Å². The number of hydrogen-bond acceptors (Lipinski definition) is 5. The van der Waals surface area contributed by atoms with Crippen molar-refractivity contribution in [3.63, 3.8) is 0 Å². The largest absolute Gasteiger partial charge is 0.490 e. The molecule has 2 aromatic rings. The summed E-state index contributed by atoms with van der Waals surface area (Å²) in [5, 5.41) is 15.1. The van der Waals surface area contributed by atoms with E-state index in [0.29, 0.717) is 13.1 Å². The van der Waals surface area contributed by atoms with Gasteiger partial charge in [-0.2, -0.15) is 5.10 Å². The van der Waals surface area contributed by atoms with Gasteiger partial charge in [-0.25, -0.2) is 0 Å². The second-order valence-corrected chi connectivity index (χ2v) is 3.90. The molecule has 2 N–H and O–H groups in total. The number of nitrogens with zero attached hydrogens (tertiary/aromatic N) is 3. The number of methoxy groups -OCH3 is 1.